The second-order valence-corrected chi connectivity index (χ2v) is 5.27. The molecule has 1 aromatic heterocycles. The third-order valence-corrected chi connectivity index (χ3v) is 4.15. The molecular weight excluding hydrogens is 250 g/mol. The molecule has 0 radical (unpaired) electrons. The summed E-state index contributed by atoms with van der Waals surface area (Å²) < 4.78 is 15.0. The molecule has 1 aliphatic heterocycles. The Morgan fingerprint density at radius 3 is 2.78 bits per heavy atom. The first-order chi connectivity index (χ1) is 8.76. The number of hydrogen-bond acceptors (Lipinski definition) is 6. The first kappa shape index (κ1) is 13.4. The molecule has 5 nitrogen and oxygen atoms in total. The molecule has 2 N–H and O–H groups in total. The molecule has 0 aliphatic carbocycles. The van der Waals surface area contributed by atoms with Gasteiger partial charge in [-0.2, -0.15) is 4.37 Å². The van der Waals surface area contributed by atoms with Crippen molar-refractivity contribution in [3.63, 3.8) is 0 Å². The predicted molar refractivity (Wildman–Crippen MR) is 74.5 cm³/mol. The van der Waals surface area contributed by atoms with Gasteiger partial charge >= 0.3 is 0 Å². The summed E-state index contributed by atoms with van der Waals surface area (Å²) in [5.74, 6) is 1.94. The van der Waals surface area contributed by atoms with Crippen LogP contribution < -0.4 is 15.4 Å². The van der Waals surface area contributed by atoms with E-state index in [4.69, 9.17) is 15.2 Å². The molecule has 2 heterocycles. The summed E-state index contributed by atoms with van der Waals surface area (Å²) in [6, 6.07) is 0. The van der Waals surface area contributed by atoms with Crippen molar-refractivity contribution in [2.24, 2.45) is 5.92 Å². The normalized spacial score (nSPS) is 17.1. The van der Waals surface area contributed by atoms with Gasteiger partial charge in [0.25, 0.3) is 0 Å². The minimum atomic E-state index is 0.510. The average Bonchev–Trinajstić information content (AvgIpc) is 2.73. The summed E-state index contributed by atoms with van der Waals surface area (Å²) >= 11 is 1.43. The number of nitrogens with two attached hydrogens (primary N) is 1. The highest BCUT2D eigenvalue weighted by atomic mass is 32.1. The fourth-order valence-corrected chi connectivity index (χ4v) is 3.12. The molecule has 2 rings (SSSR count). The molecule has 0 unspecified atom stereocenters. The van der Waals surface area contributed by atoms with Gasteiger partial charge in [-0.05, 0) is 37.2 Å². The highest BCUT2D eigenvalue weighted by Crippen LogP contribution is 2.39. The zero-order valence-electron chi connectivity index (χ0n) is 11.0. The fourth-order valence-electron chi connectivity index (χ4n) is 2.30. The van der Waals surface area contributed by atoms with Crippen LogP contribution in [-0.4, -0.2) is 37.8 Å². The summed E-state index contributed by atoms with van der Waals surface area (Å²) in [6.07, 6.45) is 2.30. The molecule has 0 spiro atoms. The van der Waals surface area contributed by atoms with E-state index >= 15 is 0 Å². The van der Waals surface area contributed by atoms with Crippen molar-refractivity contribution in [2.45, 2.75) is 19.8 Å². The second kappa shape index (κ2) is 6.24. The van der Waals surface area contributed by atoms with E-state index in [1.165, 1.54) is 11.5 Å². The lowest BCUT2D eigenvalue weighted by atomic mass is 9.98. The Labute approximate surface area is 112 Å². The highest BCUT2D eigenvalue weighted by Gasteiger charge is 2.24. The van der Waals surface area contributed by atoms with Crippen LogP contribution in [0.2, 0.25) is 0 Å². The van der Waals surface area contributed by atoms with Gasteiger partial charge in [0.05, 0.1) is 6.61 Å². The van der Waals surface area contributed by atoms with Crippen LogP contribution in [0.5, 0.6) is 5.75 Å². The Balaban J connectivity index is 2.00. The molecule has 0 amide bonds. The van der Waals surface area contributed by atoms with Crippen LogP contribution in [0, 0.1) is 5.92 Å². The lowest BCUT2D eigenvalue weighted by molar-refractivity contribution is 0.139. The third kappa shape index (κ3) is 2.87. The van der Waals surface area contributed by atoms with Gasteiger partial charge in [0.2, 0.25) is 0 Å². The Morgan fingerprint density at radius 1 is 1.44 bits per heavy atom. The molecular formula is C12H21N3O2S. The minimum absolute atomic E-state index is 0.510. The van der Waals surface area contributed by atoms with E-state index in [1.54, 1.807) is 7.11 Å². The Hall–Kier alpha value is -1.01. The summed E-state index contributed by atoms with van der Waals surface area (Å²) in [5.41, 5.74) is 5.84. The van der Waals surface area contributed by atoms with E-state index in [1.807, 2.05) is 6.92 Å². The third-order valence-electron chi connectivity index (χ3n) is 3.25. The van der Waals surface area contributed by atoms with Gasteiger partial charge in [-0.15, -0.1) is 0 Å². The SMILES string of the molecule is CCOc1c(N)nsc1N1CCC(COC)CC1. The van der Waals surface area contributed by atoms with Crippen molar-refractivity contribution in [3.05, 3.63) is 0 Å². The monoisotopic (exact) mass is 271 g/mol. The summed E-state index contributed by atoms with van der Waals surface area (Å²) in [5, 5.41) is 1.07. The van der Waals surface area contributed by atoms with E-state index in [0.717, 1.165) is 43.3 Å². The van der Waals surface area contributed by atoms with Crippen LogP contribution in [0.15, 0.2) is 0 Å². The number of ether oxygens (including phenoxy) is 2. The largest absolute Gasteiger partial charge is 0.487 e. The van der Waals surface area contributed by atoms with Crippen LogP contribution in [0.1, 0.15) is 19.8 Å². The number of aromatic nitrogens is 1. The predicted octanol–water partition coefficient (Wildman–Crippen LogP) is 1.99. The van der Waals surface area contributed by atoms with Gasteiger partial charge in [0.1, 0.15) is 0 Å². The van der Waals surface area contributed by atoms with Crippen LogP contribution in [0.3, 0.4) is 0 Å². The average molecular weight is 271 g/mol. The molecule has 1 aromatic rings. The quantitative estimate of drug-likeness (QED) is 0.887. The van der Waals surface area contributed by atoms with Crippen molar-refractivity contribution >= 4 is 22.4 Å². The summed E-state index contributed by atoms with van der Waals surface area (Å²) in [7, 11) is 1.77. The number of nitrogen functional groups attached to an aromatic ring is 1. The lowest BCUT2D eigenvalue weighted by Crippen LogP contribution is -2.34. The van der Waals surface area contributed by atoms with Crippen molar-refractivity contribution < 1.29 is 9.47 Å². The van der Waals surface area contributed by atoms with E-state index < -0.39 is 0 Å². The van der Waals surface area contributed by atoms with Crippen molar-refractivity contribution in [1.29, 1.82) is 0 Å². The number of hydrogen-bond donors (Lipinski definition) is 1. The first-order valence-corrected chi connectivity index (χ1v) is 7.15. The maximum absolute atomic E-state index is 5.84. The molecule has 1 saturated heterocycles. The number of methoxy groups -OCH3 is 1. The highest BCUT2D eigenvalue weighted by molar-refractivity contribution is 7.11. The Morgan fingerprint density at radius 2 is 2.17 bits per heavy atom. The minimum Gasteiger partial charge on any atom is -0.487 e. The maximum Gasteiger partial charge on any atom is 0.197 e. The van der Waals surface area contributed by atoms with Gasteiger partial charge in [-0.3, -0.25) is 0 Å². The van der Waals surface area contributed by atoms with Crippen molar-refractivity contribution in [2.75, 3.05) is 44.0 Å². The molecule has 6 heteroatoms. The van der Waals surface area contributed by atoms with Gasteiger partial charge in [0, 0.05) is 26.8 Å². The van der Waals surface area contributed by atoms with Gasteiger partial charge in [0.15, 0.2) is 16.6 Å². The van der Waals surface area contributed by atoms with Gasteiger partial charge < -0.3 is 20.1 Å². The number of piperidine rings is 1. The number of nitrogens with zero attached hydrogens (tertiary/aromatic N) is 2. The van der Waals surface area contributed by atoms with Crippen molar-refractivity contribution in [1.82, 2.24) is 4.37 Å². The molecule has 0 aromatic carbocycles. The lowest BCUT2D eigenvalue weighted by Gasteiger charge is -2.32. The van der Waals surface area contributed by atoms with Gasteiger partial charge in [-0.25, -0.2) is 0 Å². The zero-order chi connectivity index (χ0) is 13.0. The topological polar surface area (TPSA) is 60.6 Å². The molecule has 1 aliphatic rings. The Kier molecular flexibility index (Phi) is 4.66. The summed E-state index contributed by atoms with van der Waals surface area (Å²) in [6.45, 7) is 5.49. The van der Waals surface area contributed by atoms with Crippen LogP contribution in [0.4, 0.5) is 10.8 Å². The smallest absolute Gasteiger partial charge is 0.197 e. The maximum atomic E-state index is 5.84. The number of anilines is 2. The molecule has 0 atom stereocenters. The van der Waals surface area contributed by atoms with Crippen LogP contribution >= 0.6 is 11.5 Å². The second-order valence-electron chi connectivity index (χ2n) is 4.52. The molecule has 1 fully saturated rings. The molecule has 0 bridgehead atoms. The molecule has 0 saturated carbocycles. The van der Waals surface area contributed by atoms with Crippen LogP contribution in [0.25, 0.3) is 0 Å². The summed E-state index contributed by atoms with van der Waals surface area (Å²) in [4.78, 5) is 2.32. The molecule has 102 valence electrons. The first-order valence-electron chi connectivity index (χ1n) is 6.38. The van der Waals surface area contributed by atoms with E-state index in [9.17, 15) is 0 Å². The Bertz CT molecular complexity index is 375. The fraction of sp³-hybridized carbons (Fsp3) is 0.750. The molecule has 18 heavy (non-hydrogen) atoms. The van der Waals surface area contributed by atoms with E-state index in [-0.39, 0.29) is 0 Å². The standard InChI is InChI=1S/C12H21N3O2S/c1-3-17-10-11(13)14-18-12(10)15-6-4-9(5-7-15)8-16-2/h9H,3-8H2,1-2H3,(H2,13,14). The van der Waals surface area contributed by atoms with Crippen LogP contribution in [-0.2, 0) is 4.74 Å². The van der Waals surface area contributed by atoms with E-state index in [2.05, 4.69) is 9.27 Å². The van der Waals surface area contributed by atoms with E-state index in [0.29, 0.717) is 18.3 Å². The van der Waals surface area contributed by atoms with Crippen molar-refractivity contribution in [3.8, 4) is 5.75 Å². The zero-order valence-corrected chi connectivity index (χ0v) is 11.8. The number of rotatable bonds is 5. The van der Waals surface area contributed by atoms with Gasteiger partial charge in [-0.1, -0.05) is 0 Å².